The number of benzene rings is 3. The molecule has 14 heteroatoms. The summed E-state index contributed by atoms with van der Waals surface area (Å²) >= 11 is 6.23. The number of halogens is 2. The van der Waals surface area contributed by atoms with E-state index in [1.807, 2.05) is 0 Å². The van der Waals surface area contributed by atoms with E-state index in [0.717, 1.165) is 12.3 Å². The number of ether oxygens (including phenoxy) is 2. The molecule has 11 nitrogen and oxygen atoms in total. The lowest BCUT2D eigenvalue weighted by Crippen LogP contribution is -2.38. The van der Waals surface area contributed by atoms with Crippen LogP contribution in [0.1, 0.15) is 46.4 Å². The lowest BCUT2D eigenvalue weighted by Gasteiger charge is -2.31. The van der Waals surface area contributed by atoms with Gasteiger partial charge in [0.25, 0.3) is 0 Å². The molecule has 1 aliphatic rings. The number of anilines is 2. The van der Waals surface area contributed by atoms with Crippen molar-refractivity contribution in [3.63, 3.8) is 0 Å². The molecule has 0 bridgehead atoms. The number of hydrogen-bond donors (Lipinski definition) is 3. The van der Waals surface area contributed by atoms with Crippen molar-refractivity contribution in [1.82, 2.24) is 4.90 Å². The summed E-state index contributed by atoms with van der Waals surface area (Å²) in [6, 6.07) is 10.5. The largest absolute Gasteiger partial charge is 0.495 e. The highest BCUT2D eigenvalue weighted by Gasteiger charge is 2.37. The molecule has 0 aliphatic carbocycles. The second-order valence-corrected chi connectivity index (χ2v) is 12.3. The number of carbonyl (C=O) groups excluding carboxylic acids is 3. The number of likely N-dealkylation sites (tertiary alicyclic amines) is 1. The van der Waals surface area contributed by atoms with E-state index in [0.29, 0.717) is 24.0 Å². The molecule has 3 aromatic rings. The van der Waals surface area contributed by atoms with Gasteiger partial charge < -0.3 is 25.4 Å². The summed E-state index contributed by atoms with van der Waals surface area (Å²) in [4.78, 5) is 39.5. The SMILES string of the molecule is COC(=O)Nc1ccc(S(C)(=O)=O)c([C@H]2CCCN2C(=O)[C@H](Nc2cc(C(N)=O)ccc2F)c2ccc(Cl)c(OC)c2)c1. The van der Waals surface area contributed by atoms with Crippen LogP contribution in [-0.2, 0) is 19.4 Å². The summed E-state index contributed by atoms with van der Waals surface area (Å²) in [5, 5.41) is 5.71. The predicted octanol–water partition coefficient (Wildman–Crippen LogP) is 4.69. The lowest BCUT2D eigenvalue weighted by atomic mass is 10.0. The molecule has 43 heavy (non-hydrogen) atoms. The lowest BCUT2D eigenvalue weighted by molar-refractivity contribution is -0.133. The molecule has 3 aromatic carbocycles. The summed E-state index contributed by atoms with van der Waals surface area (Å²) in [5.41, 5.74) is 6.21. The highest BCUT2D eigenvalue weighted by molar-refractivity contribution is 7.90. The second-order valence-electron chi connectivity index (χ2n) is 9.86. The number of amides is 3. The zero-order chi connectivity index (χ0) is 31.5. The van der Waals surface area contributed by atoms with Gasteiger partial charge in [-0.15, -0.1) is 0 Å². The van der Waals surface area contributed by atoms with E-state index >= 15 is 0 Å². The Bertz CT molecular complexity index is 1690. The van der Waals surface area contributed by atoms with Gasteiger partial charge in [0.2, 0.25) is 11.8 Å². The number of nitrogens with two attached hydrogens (primary N) is 1. The Morgan fingerprint density at radius 3 is 2.49 bits per heavy atom. The first-order valence-corrected chi connectivity index (χ1v) is 15.3. The molecule has 4 N–H and O–H groups in total. The van der Waals surface area contributed by atoms with Gasteiger partial charge in [0.1, 0.15) is 17.6 Å². The van der Waals surface area contributed by atoms with E-state index in [1.165, 1.54) is 61.6 Å². The van der Waals surface area contributed by atoms with Crippen LogP contribution in [0.3, 0.4) is 0 Å². The van der Waals surface area contributed by atoms with Crippen LogP contribution in [0.5, 0.6) is 5.75 Å². The maximum atomic E-state index is 15.0. The molecule has 1 heterocycles. The van der Waals surface area contributed by atoms with Crippen LogP contribution in [-0.4, -0.2) is 58.2 Å². The van der Waals surface area contributed by atoms with Gasteiger partial charge in [0.15, 0.2) is 9.84 Å². The van der Waals surface area contributed by atoms with Crippen molar-refractivity contribution in [2.24, 2.45) is 5.73 Å². The zero-order valence-electron chi connectivity index (χ0n) is 23.5. The molecule has 0 radical (unpaired) electrons. The van der Waals surface area contributed by atoms with E-state index in [-0.39, 0.29) is 39.2 Å². The van der Waals surface area contributed by atoms with Crippen LogP contribution in [0.4, 0.5) is 20.6 Å². The summed E-state index contributed by atoms with van der Waals surface area (Å²) in [5.74, 6) is -1.76. The molecule has 1 aliphatic heterocycles. The molecule has 2 atom stereocenters. The standard InChI is InChI=1S/C29H30ClFN4O7S/c1-41-24-14-16(6-9-20(24)30)26(34-22-13-17(27(32)36)7-10-21(22)31)28(37)35-12-4-5-23(35)19-15-18(33-29(38)42-2)8-11-25(19)43(3,39)40/h6-11,13-15,23,26,34H,4-5,12H2,1-3H3,(H2,32,36)(H,33,38)/t23-,26-/m1/s1. The molecule has 228 valence electrons. The number of sulfone groups is 1. The maximum Gasteiger partial charge on any atom is 0.411 e. The third-order valence-electron chi connectivity index (χ3n) is 7.04. The van der Waals surface area contributed by atoms with Gasteiger partial charge in [-0.1, -0.05) is 17.7 Å². The fourth-order valence-electron chi connectivity index (χ4n) is 5.00. The van der Waals surface area contributed by atoms with Crippen LogP contribution in [0.25, 0.3) is 0 Å². The Morgan fingerprint density at radius 1 is 1.09 bits per heavy atom. The second kappa shape index (κ2) is 12.9. The van der Waals surface area contributed by atoms with Crippen molar-refractivity contribution in [3.05, 3.63) is 82.1 Å². The van der Waals surface area contributed by atoms with Gasteiger partial charge in [0, 0.05) is 24.1 Å². The first-order chi connectivity index (χ1) is 20.3. The van der Waals surface area contributed by atoms with Crippen molar-refractivity contribution in [1.29, 1.82) is 0 Å². The van der Waals surface area contributed by atoms with Crippen molar-refractivity contribution < 1.29 is 36.7 Å². The summed E-state index contributed by atoms with van der Waals surface area (Å²) in [7, 11) is -1.15. The first kappa shape index (κ1) is 31.6. The molecule has 3 amide bonds. The van der Waals surface area contributed by atoms with Crippen LogP contribution >= 0.6 is 11.6 Å². The molecular weight excluding hydrogens is 603 g/mol. The van der Waals surface area contributed by atoms with Gasteiger partial charge in [-0.05, 0) is 72.5 Å². The minimum absolute atomic E-state index is 0.00880. The quantitative estimate of drug-likeness (QED) is 0.307. The average molecular weight is 633 g/mol. The number of hydrogen-bond acceptors (Lipinski definition) is 8. The fraction of sp³-hybridized carbons (Fsp3) is 0.276. The van der Waals surface area contributed by atoms with Gasteiger partial charge in [-0.2, -0.15) is 0 Å². The van der Waals surface area contributed by atoms with Crippen molar-refractivity contribution >= 4 is 50.7 Å². The van der Waals surface area contributed by atoms with Crippen LogP contribution < -0.4 is 21.1 Å². The Labute approximate surface area is 253 Å². The Hall–Kier alpha value is -4.36. The van der Waals surface area contributed by atoms with E-state index in [2.05, 4.69) is 15.4 Å². The van der Waals surface area contributed by atoms with Crippen LogP contribution in [0, 0.1) is 5.82 Å². The third-order valence-corrected chi connectivity index (χ3v) is 8.53. The highest BCUT2D eigenvalue weighted by atomic mass is 35.5. The third kappa shape index (κ3) is 7.00. The Balaban J connectivity index is 1.81. The predicted molar refractivity (Wildman–Crippen MR) is 159 cm³/mol. The smallest absolute Gasteiger partial charge is 0.411 e. The molecule has 1 fully saturated rings. The summed E-state index contributed by atoms with van der Waals surface area (Å²) in [6.07, 6.45) is 1.26. The molecule has 0 unspecified atom stereocenters. The minimum atomic E-state index is -3.75. The first-order valence-electron chi connectivity index (χ1n) is 13.0. The van der Waals surface area contributed by atoms with Gasteiger partial charge in [-0.3, -0.25) is 14.9 Å². The maximum absolute atomic E-state index is 15.0. The summed E-state index contributed by atoms with van der Waals surface area (Å²) < 4.78 is 50.5. The average Bonchev–Trinajstić information content (AvgIpc) is 3.46. The number of nitrogens with one attached hydrogen (secondary N) is 2. The fourth-order valence-corrected chi connectivity index (χ4v) is 6.13. The molecule has 0 spiro atoms. The number of rotatable bonds is 9. The molecule has 0 aromatic heterocycles. The van der Waals surface area contributed by atoms with Crippen molar-refractivity contribution in [3.8, 4) is 5.75 Å². The molecule has 0 saturated carbocycles. The van der Waals surface area contributed by atoms with Gasteiger partial charge in [-0.25, -0.2) is 17.6 Å². The molecule has 4 rings (SSSR count). The number of nitrogens with zero attached hydrogens (tertiary/aromatic N) is 1. The van der Waals surface area contributed by atoms with E-state index in [1.54, 1.807) is 6.07 Å². The van der Waals surface area contributed by atoms with E-state index in [4.69, 9.17) is 22.1 Å². The van der Waals surface area contributed by atoms with E-state index in [9.17, 15) is 27.2 Å². The minimum Gasteiger partial charge on any atom is -0.495 e. The normalized spacial score (nSPS) is 15.5. The topological polar surface area (TPSA) is 157 Å². The van der Waals surface area contributed by atoms with E-state index < -0.39 is 45.6 Å². The van der Waals surface area contributed by atoms with Crippen LogP contribution in [0.2, 0.25) is 5.02 Å². The molecular formula is C29H30ClFN4O7S. The van der Waals surface area contributed by atoms with Crippen molar-refractivity contribution in [2.75, 3.05) is 37.7 Å². The number of carbonyl (C=O) groups is 3. The van der Waals surface area contributed by atoms with Crippen LogP contribution in [0.15, 0.2) is 59.5 Å². The zero-order valence-corrected chi connectivity index (χ0v) is 25.1. The molecule has 1 saturated heterocycles. The van der Waals surface area contributed by atoms with Gasteiger partial charge in [0.05, 0.1) is 35.9 Å². The summed E-state index contributed by atoms with van der Waals surface area (Å²) in [6.45, 7) is 0.258. The van der Waals surface area contributed by atoms with Gasteiger partial charge >= 0.3 is 6.09 Å². The van der Waals surface area contributed by atoms with Crippen molar-refractivity contribution in [2.45, 2.75) is 29.8 Å². The monoisotopic (exact) mass is 632 g/mol. The Morgan fingerprint density at radius 2 is 1.84 bits per heavy atom. The number of primary amides is 1. The Kier molecular flexibility index (Phi) is 9.46. The highest BCUT2D eigenvalue weighted by Crippen LogP contribution is 2.40. The number of methoxy groups -OCH3 is 2.